The number of hydrogen-bond acceptors (Lipinski definition) is 1. The van der Waals surface area contributed by atoms with Crippen LogP contribution in [-0.4, -0.2) is 17.7 Å². The summed E-state index contributed by atoms with van der Waals surface area (Å²) in [6.07, 6.45) is 11.2. The Morgan fingerprint density at radius 2 is 1.88 bits per heavy atom. The molecule has 2 N–H and O–H groups in total. The molecule has 17 heavy (non-hydrogen) atoms. The van der Waals surface area contributed by atoms with E-state index in [-0.39, 0.29) is 0 Å². The average Bonchev–Trinajstić information content (AvgIpc) is 3.02. The fraction of sp³-hybridized carbons (Fsp3) is 0.929. The minimum absolute atomic E-state index is 0.648. The molecule has 3 fully saturated rings. The van der Waals surface area contributed by atoms with Crippen molar-refractivity contribution in [2.45, 2.75) is 57.4 Å². The second-order valence-corrected chi connectivity index (χ2v) is 6.68. The normalized spacial score (nSPS) is 36.4. The van der Waals surface area contributed by atoms with E-state index in [0.717, 1.165) is 29.4 Å². The summed E-state index contributed by atoms with van der Waals surface area (Å²) in [4.78, 5) is 0. The quantitative estimate of drug-likeness (QED) is 0.755. The third-order valence-corrected chi connectivity index (χ3v) is 5.36. The van der Waals surface area contributed by atoms with Gasteiger partial charge >= 0.3 is 0 Å². The van der Waals surface area contributed by atoms with Crippen molar-refractivity contribution in [1.29, 1.82) is 0 Å². The van der Waals surface area contributed by atoms with Gasteiger partial charge in [0.1, 0.15) is 0 Å². The van der Waals surface area contributed by atoms with Crippen LogP contribution in [0.25, 0.3) is 0 Å². The maximum absolute atomic E-state index is 5.39. The van der Waals surface area contributed by atoms with Gasteiger partial charge in [-0.25, -0.2) is 0 Å². The lowest BCUT2D eigenvalue weighted by Gasteiger charge is -2.23. The molecule has 2 bridgehead atoms. The Kier molecular flexibility index (Phi) is 3.55. The van der Waals surface area contributed by atoms with Crippen LogP contribution in [-0.2, 0) is 0 Å². The molecule has 3 saturated carbocycles. The lowest BCUT2D eigenvalue weighted by Crippen LogP contribution is -2.43. The molecule has 3 aliphatic carbocycles. The van der Waals surface area contributed by atoms with Gasteiger partial charge in [-0.1, -0.05) is 19.3 Å². The fourth-order valence-corrected chi connectivity index (χ4v) is 4.41. The van der Waals surface area contributed by atoms with Gasteiger partial charge in [0.05, 0.1) is 0 Å². The van der Waals surface area contributed by atoms with Crippen LogP contribution in [0.2, 0.25) is 0 Å². The van der Waals surface area contributed by atoms with Crippen molar-refractivity contribution in [1.82, 2.24) is 10.6 Å². The first kappa shape index (κ1) is 11.8. The van der Waals surface area contributed by atoms with Gasteiger partial charge < -0.3 is 10.6 Å². The van der Waals surface area contributed by atoms with Crippen molar-refractivity contribution in [2.75, 3.05) is 6.54 Å². The SMILES string of the molecule is S=C(NCC1CC2CCC1C2)NC1CCCC1. The van der Waals surface area contributed by atoms with Gasteiger partial charge in [0, 0.05) is 12.6 Å². The number of thiocarbonyl (C=S) groups is 1. The first-order valence-corrected chi connectivity index (χ1v) is 7.76. The zero-order valence-corrected chi connectivity index (χ0v) is 11.4. The van der Waals surface area contributed by atoms with Crippen LogP contribution >= 0.6 is 12.2 Å². The molecule has 0 radical (unpaired) electrons. The van der Waals surface area contributed by atoms with Crippen molar-refractivity contribution in [3.8, 4) is 0 Å². The van der Waals surface area contributed by atoms with E-state index >= 15 is 0 Å². The number of fused-ring (bicyclic) bond motifs is 2. The van der Waals surface area contributed by atoms with E-state index in [1.54, 1.807) is 0 Å². The van der Waals surface area contributed by atoms with Crippen molar-refractivity contribution in [2.24, 2.45) is 17.8 Å². The lowest BCUT2D eigenvalue weighted by atomic mass is 9.89. The van der Waals surface area contributed by atoms with Crippen LogP contribution in [0, 0.1) is 17.8 Å². The highest BCUT2D eigenvalue weighted by Crippen LogP contribution is 2.47. The third-order valence-electron chi connectivity index (χ3n) is 5.10. The first-order valence-electron chi connectivity index (χ1n) is 7.35. The number of nitrogens with one attached hydrogen (secondary N) is 2. The summed E-state index contributed by atoms with van der Waals surface area (Å²) in [6.45, 7) is 1.11. The second kappa shape index (κ2) is 5.13. The van der Waals surface area contributed by atoms with Crippen LogP contribution in [0.1, 0.15) is 51.4 Å². The average molecular weight is 252 g/mol. The Balaban J connectivity index is 1.37. The fourth-order valence-electron chi connectivity index (χ4n) is 4.16. The van der Waals surface area contributed by atoms with Crippen molar-refractivity contribution >= 4 is 17.3 Å². The molecule has 0 heterocycles. The summed E-state index contributed by atoms with van der Waals surface area (Å²) >= 11 is 5.39. The highest BCUT2D eigenvalue weighted by atomic mass is 32.1. The molecule has 3 atom stereocenters. The zero-order chi connectivity index (χ0) is 11.7. The van der Waals surface area contributed by atoms with Gasteiger partial charge in [-0.05, 0) is 62.1 Å². The van der Waals surface area contributed by atoms with Gasteiger partial charge in [-0.2, -0.15) is 0 Å². The van der Waals surface area contributed by atoms with E-state index in [1.165, 1.54) is 51.4 Å². The smallest absolute Gasteiger partial charge is 0.166 e. The summed E-state index contributed by atoms with van der Waals surface area (Å²) in [5, 5.41) is 7.83. The topological polar surface area (TPSA) is 24.1 Å². The Morgan fingerprint density at radius 3 is 2.53 bits per heavy atom. The molecule has 0 saturated heterocycles. The molecule has 3 unspecified atom stereocenters. The van der Waals surface area contributed by atoms with Gasteiger partial charge in [-0.15, -0.1) is 0 Å². The van der Waals surface area contributed by atoms with Gasteiger partial charge in [0.25, 0.3) is 0 Å². The minimum Gasteiger partial charge on any atom is -0.362 e. The third kappa shape index (κ3) is 2.75. The maximum Gasteiger partial charge on any atom is 0.166 e. The van der Waals surface area contributed by atoms with E-state index in [1.807, 2.05) is 0 Å². The molecule has 2 nitrogen and oxygen atoms in total. The second-order valence-electron chi connectivity index (χ2n) is 6.27. The molecule has 0 aliphatic heterocycles. The van der Waals surface area contributed by atoms with Gasteiger partial charge in [-0.3, -0.25) is 0 Å². The molecular formula is C14H24N2S. The van der Waals surface area contributed by atoms with Crippen molar-refractivity contribution in [3.63, 3.8) is 0 Å². The molecule has 96 valence electrons. The van der Waals surface area contributed by atoms with Gasteiger partial charge in [0.15, 0.2) is 5.11 Å². The van der Waals surface area contributed by atoms with Crippen molar-refractivity contribution in [3.05, 3.63) is 0 Å². The molecular weight excluding hydrogens is 228 g/mol. The highest BCUT2D eigenvalue weighted by Gasteiger charge is 2.39. The van der Waals surface area contributed by atoms with Gasteiger partial charge in [0.2, 0.25) is 0 Å². The Hall–Kier alpha value is -0.310. The van der Waals surface area contributed by atoms with E-state index < -0.39 is 0 Å². The lowest BCUT2D eigenvalue weighted by molar-refractivity contribution is 0.331. The van der Waals surface area contributed by atoms with E-state index in [2.05, 4.69) is 10.6 Å². The Bertz CT molecular complexity index is 286. The van der Waals surface area contributed by atoms with E-state index in [0.29, 0.717) is 6.04 Å². The molecule has 0 aromatic rings. The molecule has 0 amide bonds. The van der Waals surface area contributed by atoms with Crippen molar-refractivity contribution < 1.29 is 0 Å². The largest absolute Gasteiger partial charge is 0.362 e. The summed E-state index contributed by atoms with van der Waals surface area (Å²) in [5.41, 5.74) is 0. The first-order chi connectivity index (χ1) is 8.31. The molecule has 3 heteroatoms. The number of hydrogen-bond donors (Lipinski definition) is 2. The van der Waals surface area contributed by atoms with Crippen LogP contribution in [0.5, 0.6) is 0 Å². The van der Waals surface area contributed by atoms with Crippen LogP contribution in [0.15, 0.2) is 0 Å². The van der Waals surface area contributed by atoms with E-state index in [4.69, 9.17) is 12.2 Å². The maximum atomic E-state index is 5.39. The van der Waals surface area contributed by atoms with Crippen LogP contribution < -0.4 is 10.6 Å². The highest BCUT2D eigenvalue weighted by molar-refractivity contribution is 7.80. The molecule has 0 aromatic carbocycles. The molecule has 0 aromatic heterocycles. The molecule has 3 rings (SSSR count). The van der Waals surface area contributed by atoms with Crippen LogP contribution in [0.4, 0.5) is 0 Å². The summed E-state index contributed by atoms with van der Waals surface area (Å²) in [6, 6.07) is 0.648. The Morgan fingerprint density at radius 1 is 1.06 bits per heavy atom. The molecule has 0 spiro atoms. The summed E-state index contributed by atoms with van der Waals surface area (Å²) < 4.78 is 0. The summed E-state index contributed by atoms with van der Waals surface area (Å²) in [7, 11) is 0. The van der Waals surface area contributed by atoms with Crippen LogP contribution in [0.3, 0.4) is 0 Å². The zero-order valence-electron chi connectivity index (χ0n) is 10.6. The monoisotopic (exact) mass is 252 g/mol. The minimum atomic E-state index is 0.648. The summed E-state index contributed by atoms with van der Waals surface area (Å²) in [5.74, 6) is 2.95. The number of rotatable bonds is 3. The predicted octanol–water partition coefficient (Wildman–Crippen LogP) is 2.83. The predicted molar refractivity (Wildman–Crippen MR) is 74.9 cm³/mol. The molecule has 3 aliphatic rings. The van der Waals surface area contributed by atoms with E-state index in [9.17, 15) is 0 Å². The Labute approximate surface area is 110 Å². The standard InChI is InChI=1S/C14H24N2S/c17-14(16-13-3-1-2-4-13)15-9-12-8-10-5-6-11(12)7-10/h10-13H,1-9H2,(H2,15,16,17).